The molecule has 8 nitrogen and oxygen atoms in total. The number of nitrogens with one attached hydrogen (secondary N) is 2. The van der Waals surface area contributed by atoms with E-state index in [1.807, 2.05) is 51.1 Å². The monoisotopic (exact) mass is 406 g/mol. The third kappa shape index (κ3) is 4.83. The van der Waals surface area contributed by atoms with Crippen molar-refractivity contribution < 1.29 is 9.53 Å². The summed E-state index contributed by atoms with van der Waals surface area (Å²) >= 11 is 0. The van der Waals surface area contributed by atoms with Crippen molar-refractivity contribution in [2.24, 2.45) is 0 Å². The maximum atomic E-state index is 12.3. The van der Waals surface area contributed by atoms with Crippen LogP contribution in [-0.2, 0) is 4.74 Å². The van der Waals surface area contributed by atoms with Gasteiger partial charge in [0.05, 0.1) is 11.2 Å². The number of pyridine rings is 1. The van der Waals surface area contributed by atoms with Crippen LogP contribution in [0.15, 0.2) is 42.6 Å². The summed E-state index contributed by atoms with van der Waals surface area (Å²) in [5.41, 5.74) is 1.89. The van der Waals surface area contributed by atoms with E-state index in [2.05, 4.69) is 25.5 Å². The highest BCUT2D eigenvalue weighted by molar-refractivity contribution is 5.86. The number of hydrogen-bond acceptors (Lipinski definition) is 7. The van der Waals surface area contributed by atoms with Crippen LogP contribution in [0.25, 0.3) is 22.2 Å². The Morgan fingerprint density at radius 3 is 2.67 bits per heavy atom. The van der Waals surface area contributed by atoms with Crippen molar-refractivity contribution in [3.05, 3.63) is 42.6 Å². The molecule has 156 valence electrons. The fourth-order valence-corrected chi connectivity index (χ4v) is 3.27. The minimum absolute atomic E-state index is 0.399. The topological polar surface area (TPSA) is 92.3 Å². The molecular weight excluding hydrogens is 380 g/mol. The van der Waals surface area contributed by atoms with Crippen LogP contribution in [-0.4, -0.2) is 52.8 Å². The van der Waals surface area contributed by atoms with Crippen LogP contribution in [0.1, 0.15) is 20.8 Å². The van der Waals surface area contributed by atoms with Crippen LogP contribution in [0.2, 0.25) is 0 Å². The summed E-state index contributed by atoms with van der Waals surface area (Å²) in [6.07, 6.45) is 1.25. The van der Waals surface area contributed by atoms with Crippen molar-refractivity contribution in [3.8, 4) is 11.3 Å². The van der Waals surface area contributed by atoms with Crippen molar-refractivity contribution in [1.29, 1.82) is 0 Å². The molecule has 2 N–H and O–H groups in total. The number of carbonyl (C=O) groups excluding carboxylic acids is 1. The largest absolute Gasteiger partial charge is 0.444 e. The van der Waals surface area contributed by atoms with E-state index >= 15 is 0 Å². The van der Waals surface area contributed by atoms with E-state index in [-0.39, 0.29) is 0 Å². The molecule has 1 amide bonds. The molecule has 0 bridgehead atoms. The zero-order chi connectivity index (χ0) is 21.1. The number of rotatable bonds is 3. The van der Waals surface area contributed by atoms with Gasteiger partial charge in [0, 0.05) is 49.4 Å². The van der Waals surface area contributed by atoms with E-state index in [4.69, 9.17) is 9.72 Å². The summed E-state index contributed by atoms with van der Waals surface area (Å²) in [5, 5.41) is 7.10. The van der Waals surface area contributed by atoms with Gasteiger partial charge in [-0.1, -0.05) is 18.2 Å². The number of fused-ring (bicyclic) bond motifs is 1. The Kier molecular flexibility index (Phi) is 5.50. The van der Waals surface area contributed by atoms with Gasteiger partial charge in [0.25, 0.3) is 0 Å². The third-order valence-corrected chi connectivity index (χ3v) is 4.63. The van der Waals surface area contributed by atoms with Gasteiger partial charge in [-0.15, -0.1) is 0 Å². The van der Waals surface area contributed by atoms with E-state index < -0.39 is 11.7 Å². The first-order valence-corrected chi connectivity index (χ1v) is 10.1. The quantitative estimate of drug-likeness (QED) is 0.688. The fourth-order valence-electron chi connectivity index (χ4n) is 3.27. The van der Waals surface area contributed by atoms with Gasteiger partial charge < -0.3 is 15.0 Å². The molecule has 1 saturated heterocycles. The molecule has 0 atom stereocenters. The number of anilines is 2. The first-order chi connectivity index (χ1) is 14.4. The summed E-state index contributed by atoms with van der Waals surface area (Å²) in [6.45, 7) is 8.79. The van der Waals surface area contributed by atoms with E-state index in [0.29, 0.717) is 17.5 Å². The molecule has 30 heavy (non-hydrogen) atoms. The van der Waals surface area contributed by atoms with Gasteiger partial charge in [-0.25, -0.2) is 9.78 Å². The maximum Gasteiger partial charge on any atom is 0.413 e. The standard InChI is InChI=1S/C22H26N6O2/c1-22(2,3)30-21(29)27-19-13-18(25-20(26-19)28-10-8-23-9-11-28)16-12-15-6-4-5-7-17(15)24-14-16/h4-7,12-14,23H,8-11H2,1-3H3,(H,25,26,27,29). The van der Waals surface area contributed by atoms with Crippen molar-refractivity contribution in [3.63, 3.8) is 0 Å². The summed E-state index contributed by atoms with van der Waals surface area (Å²) in [7, 11) is 0. The van der Waals surface area contributed by atoms with Crippen molar-refractivity contribution in [2.45, 2.75) is 26.4 Å². The molecule has 8 heteroatoms. The van der Waals surface area contributed by atoms with Gasteiger partial charge in [0.15, 0.2) is 0 Å². The van der Waals surface area contributed by atoms with Gasteiger partial charge in [-0.2, -0.15) is 4.98 Å². The van der Waals surface area contributed by atoms with Crippen LogP contribution < -0.4 is 15.5 Å². The number of amides is 1. The Labute approximate surface area is 175 Å². The number of benzene rings is 1. The SMILES string of the molecule is CC(C)(C)OC(=O)Nc1cc(-c2cnc3ccccc3c2)nc(N2CCNCC2)n1. The molecule has 4 rings (SSSR count). The van der Waals surface area contributed by atoms with E-state index in [9.17, 15) is 4.79 Å². The van der Waals surface area contributed by atoms with Gasteiger partial charge in [-0.3, -0.25) is 10.3 Å². The predicted molar refractivity (Wildman–Crippen MR) is 118 cm³/mol. The number of nitrogens with zero attached hydrogens (tertiary/aromatic N) is 4. The molecule has 3 aromatic rings. The lowest BCUT2D eigenvalue weighted by atomic mass is 10.1. The molecule has 2 aromatic heterocycles. The molecule has 1 aliphatic rings. The maximum absolute atomic E-state index is 12.3. The first-order valence-electron chi connectivity index (χ1n) is 10.1. The second-order valence-corrected chi connectivity index (χ2v) is 8.22. The molecule has 3 heterocycles. The molecule has 1 aromatic carbocycles. The minimum atomic E-state index is -0.594. The number of para-hydroxylation sites is 1. The third-order valence-electron chi connectivity index (χ3n) is 4.63. The van der Waals surface area contributed by atoms with E-state index in [0.717, 1.165) is 42.6 Å². The zero-order valence-corrected chi connectivity index (χ0v) is 17.5. The number of carbonyl (C=O) groups is 1. The summed E-state index contributed by atoms with van der Waals surface area (Å²) in [6, 6.07) is 11.7. The Bertz CT molecular complexity index is 1060. The summed E-state index contributed by atoms with van der Waals surface area (Å²) in [5.74, 6) is 0.976. The van der Waals surface area contributed by atoms with Gasteiger partial charge in [0.2, 0.25) is 5.95 Å². The average Bonchev–Trinajstić information content (AvgIpc) is 2.72. The van der Waals surface area contributed by atoms with Gasteiger partial charge >= 0.3 is 6.09 Å². The number of aromatic nitrogens is 3. The molecule has 0 radical (unpaired) electrons. The highest BCUT2D eigenvalue weighted by atomic mass is 16.6. The zero-order valence-electron chi connectivity index (χ0n) is 17.5. The Balaban J connectivity index is 1.71. The lowest BCUT2D eigenvalue weighted by molar-refractivity contribution is 0.0635. The Morgan fingerprint density at radius 2 is 1.90 bits per heavy atom. The van der Waals surface area contributed by atoms with Crippen LogP contribution >= 0.6 is 0 Å². The van der Waals surface area contributed by atoms with Crippen LogP contribution in [0, 0.1) is 0 Å². The van der Waals surface area contributed by atoms with E-state index in [1.54, 1.807) is 12.3 Å². The first kappa shape index (κ1) is 20.0. The van der Waals surface area contributed by atoms with Crippen LogP contribution in [0.4, 0.5) is 16.6 Å². The second kappa shape index (κ2) is 8.23. The smallest absolute Gasteiger partial charge is 0.413 e. The van der Waals surface area contributed by atoms with E-state index in [1.165, 1.54) is 0 Å². The summed E-state index contributed by atoms with van der Waals surface area (Å²) < 4.78 is 5.38. The highest BCUT2D eigenvalue weighted by Crippen LogP contribution is 2.26. The predicted octanol–water partition coefficient (Wildman–Crippen LogP) is 3.45. The fraction of sp³-hybridized carbons (Fsp3) is 0.364. The molecule has 0 saturated carbocycles. The number of hydrogen-bond donors (Lipinski definition) is 2. The van der Waals surface area contributed by atoms with Gasteiger partial charge in [0.1, 0.15) is 11.4 Å². The Morgan fingerprint density at radius 1 is 1.13 bits per heavy atom. The normalized spacial score (nSPS) is 14.6. The number of ether oxygens (including phenoxy) is 1. The van der Waals surface area contributed by atoms with Crippen molar-refractivity contribution in [1.82, 2.24) is 20.3 Å². The average molecular weight is 406 g/mol. The number of piperazine rings is 1. The lowest BCUT2D eigenvalue weighted by Gasteiger charge is -2.28. The second-order valence-electron chi connectivity index (χ2n) is 8.22. The minimum Gasteiger partial charge on any atom is -0.444 e. The molecular formula is C22H26N6O2. The molecule has 0 aliphatic carbocycles. The van der Waals surface area contributed by atoms with Crippen LogP contribution in [0.3, 0.4) is 0 Å². The Hall–Kier alpha value is -3.26. The molecule has 1 fully saturated rings. The molecule has 0 spiro atoms. The van der Waals surface area contributed by atoms with Crippen molar-refractivity contribution >= 4 is 28.8 Å². The van der Waals surface area contributed by atoms with Crippen molar-refractivity contribution in [2.75, 3.05) is 36.4 Å². The summed E-state index contributed by atoms with van der Waals surface area (Å²) in [4.78, 5) is 28.3. The molecule has 0 unspecified atom stereocenters. The highest BCUT2D eigenvalue weighted by Gasteiger charge is 2.20. The van der Waals surface area contributed by atoms with Crippen LogP contribution in [0.5, 0.6) is 0 Å². The molecule has 1 aliphatic heterocycles. The van der Waals surface area contributed by atoms with Gasteiger partial charge in [-0.05, 0) is 32.9 Å². The lowest BCUT2D eigenvalue weighted by Crippen LogP contribution is -2.44.